The molecule has 3 rings (SSSR count). The van der Waals surface area contributed by atoms with Crippen LogP contribution in [0.4, 0.5) is 5.69 Å². The number of amides is 4. The average Bonchev–Trinajstić information content (AvgIpc) is 3.08. The molecule has 5 N–H and O–H groups in total. The number of pyridine rings is 1. The first-order valence-corrected chi connectivity index (χ1v) is 18.4. The van der Waals surface area contributed by atoms with Crippen LogP contribution in [-0.4, -0.2) is 81.5 Å². The van der Waals surface area contributed by atoms with Crippen LogP contribution in [0.25, 0.3) is 0 Å². The highest BCUT2D eigenvalue weighted by Gasteiger charge is 2.27. The van der Waals surface area contributed by atoms with E-state index >= 15 is 0 Å². The molecule has 0 aliphatic heterocycles. The lowest BCUT2D eigenvalue weighted by molar-refractivity contribution is -0.130. The summed E-state index contributed by atoms with van der Waals surface area (Å²) in [5, 5.41) is 14.6. The minimum absolute atomic E-state index is 0.0687. The number of hydrogen-bond acceptors (Lipinski definition) is 8. The Hall–Kier alpha value is -4.82. The van der Waals surface area contributed by atoms with Gasteiger partial charge in [0.2, 0.25) is 21.8 Å². The maximum atomic E-state index is 13.8. The number of sulfonamides is 1. The monoisotopic (exact) mass is 707 g/mol. The van der Waals surface area contributed by atoms with E-state index in [0.29, 0.717) is 13.0 Å². The van der Waals surface area contributed by atoms with Crippen molar-refractivity contribution < 1.29 is 27.6 Å². The predicted octanol–water partition coefficient (Wildman–Crippen LogP) is 2.56. The van der Waals surface area contributed by atoms with Crippen LogP contribution in [0, 0.1) is 5.92 Å². The maximum Gasteiger partial charge on any atom is 0.251 e. The minimum Gasteiger partial charge on any atom is -0.355 e. The number of benzene rings is 2. The van der Waals surface area contributed by atoms with E-state index in [2.05, 4.69) is 31.6 Å². The van der Waals surface area contributed by atoms with Crippen LogP contribution in [0.1, 0.15) is 72.5 Å². The molecule has 0 saturated heterocycles. The van der Waals surface area contributed by atoms with Crippen LogP contribution in [0.15, 0.2) is 73.1 Å². The lowest BCUT2D eigenvalue weighted by Gasteiger charge is -2.25. The SMILES string of the molecule is CCNC(=O)[C@@H](NC(=O)[C@H](C)NC[C@H](Cc1cccnc1)NC(=O)c1cc(C(=O)N[C@H](C)c2ccccc2)cc(N(C)S(C)(=O)=O)c1)C(C)C. The van der Waals surface area contributed by atoms with Crippen LogP contribution in [0.3, 0.4) is 0 Å². The molecule has 0 saturated carbocycles. The predicted molar refractivity (Wildman–Crippen MR) is 194 cm³/mol. The molecule has 1 aromatic heterocycles. The van der Waals surface area contributed by atoms with Crippen molar-refractivity contribution in [3.05, 3.63) is 95.3 Å². The first-order valence-electron chi connectivity index (χ1n) is 16.6. The van der Waals surface area contributed by atoms with Gasteiger partial charge in [-0.1, -0.05) is 50.2 Å². The second-order valence-electron chi connectivity index (χ2n) is 12.6. The lowest BCUT2D eigenvalue weighted by Crippen LogP contribution is -2.55. The number of anilines is 1. The van der Waals surface area contributed by atoms with Crippen molar-refractivity contribution in [1.82, 2.24) is 31.6 Å². The van der Waals surface area contributed by atoms with E-state index in [-0.39, 0.29) is 47.1 Å². The largest absolute Gasteiger partial charge is 0.355 e. The highest BCUT2D eigenvalue weighted by molar-refractivity contribution is 7.92. The van der Waals surface area contributed by atoms with Crippen molar-refractivity contribution in [2.75, 3.05) is 30.7 Å². The van der Waals surface area contributed by atoms with E-state index in [9.17, 15) is 27.6 Å². The first-order chi connectivity index (χ1) is 23.6. The third-order valence-corrected chi connectivity index (χ3v) is 9.36. The van der Waals surface area contributed by atoms with Crippen molar-refractivity contribution in [1.29, 1.82) is 0 Å². The average molecular weight is 708 g/mol. The van der Waals surface area contributed by atoms with E-state index < -0.39 is 40.0 Å². The first kappa shape index (κ1) is 39.6. The van der Waals surface area contributed by atoms with Gasteiger partial charge in [0.1, 0.15) is 6.04 Å². The summed E-state index contributed by atoms with van der Waals surface area (Å²) in [6.45, 7) is 9.59. The number of nitrogens with zero attached hydrogens (tertiary/aromatic N) is 2. The van der Waals surface area contributed by atoms with Gasteiger partial charge >= 0.3 is 0 Å². The molecule has 4 atom stereocenters. The molecule has 3 aromatic rings. The van der Waals surface area contributed by atoms with Crippen molar-refractivity contribution in [2.45, 2.75) is 65.2 Å². The van der Waals surface area contributed by atoms with Crippen LogP contribution in [0.2, 0.25) is 0 Å². The molecule has 50 heavy (non-hydrogen) atoms. The zero-order valence-electron chi connectivity index (χ0n) is 29.7. The summed E-state index contributed by atoms with van der Waals surface area (Å²) in [6, 6.07) is 14.9. The summed E-state index contributed by atoms with van der Waals surface area (Å²) in [5.74, 6) is -1.82. The zero-order valence-corrected chi connectivity index (χ0v) is 30.5. The Morgan fingerprint density at radius 1 is 0.840 bits per heavy atom. The highest BCUT2D eigenvalue weighted by Crippen LogP contribution is 2.22. The fraction of sp³-hybridized carbons (Fsp3) is 0.417. The molecule has 0 aliphatic carbocycles. The summed E-state index contributed by atoms with van der Waals surface area (Å²) in [5.41, 5.74) is 2.01. The summed E-state index contributed by atoms with van der Waals surface area (Å²) in [6.07, 6.45) is 4.69. The van der Waals surface area contributed by atoms with Gasteiger partial charge in [-0.15, -0.1) is 0 Å². The lowest BCUT2D eigenvalue weighted by atomic mass is 10.0. The van der Waals surface area contributed by atoms with Crippen molar-refractivity contribution in [3.8, 4) is 0 Å². The molecule has 0 spiro atoms. The van der Waals surface area contributed by atoms with Crippen molar-refractivity contribution >= 4 is 39.3 Å². The molecule has 0 fully saturated rings. The zero-order chi connectivity index (χ0) is 37.0. The molecule has 4 amide bonds. The second-order valence-corrected chi connectivity index (χ2v) is 14.6. The van der Waals surface area contributed by atoms with Gasteiger partial charge in [-0.2, -0.15) is 0 Å². The number of likely N-dealkylation sites (N-methyl/N-ethyl adjacent to an activating group) is 1. The van der Waals surface area contributed by atoms with Gasteiger partial charge in [0.25, 0.3) is 11.8 Å². The number of rotatable bonds is 17. The van der Waals surface area contributed by atoms with Gasteiger partial charge in [-0.25, -0.2) is 8.42 Å². The van der Waals surface area contributed by atoms with Crippen LogP contribution in [-0.2, 0) is 26.0 Å². The normalized spacial score (nSPS) is 13.8. The molecule has 0 radical (unpaired) electrons. The summed E-state index contributed by atoms with van der Waals surface area (Å²) >= 11 is 0. The third kappa shape index (κ3) is 11.7. The second kappa shape index (κ2) is 18.3. The van der Waals surface area contributed by atoms with E-state index in [1.807, 2.05) is 57.2 Å². The van der Waals surface area contributed by atoms with E-state index in [0.717, 1.165) is 21.7 Å². The summed E-state index contributed by atoms with van der Waals surface area (Å²) < 4.78 is 25.9. The molecule has 0 unspecified atom stereocenters. The van der Waals surface area contributed by atoms with E-state index in [4.69, 9.17) is 0 Å². The Morgan fingerprint density at radius 3 is 2.04 bits per heavy atom. The highest BCUT2D eigenvalue weighted by atomic mass is 32.2. The Kier molecular flexibility index (Phi) is 14.5. The molecule has 13 nitrogen and oxygen atoms in total. The van der Waals surface area contributed by atoms with Crippen LogP contribution in [0.5, 0.6) is 0 Å². The minimum atomic E-state index is -3.73. The number of hydrogen-bond donors (Lipinski definition) is 5. The maximum absolute atomic E-state index is 13.8. The molecule has 0 bridgehead atoms. The molecule has 14 heteroatoms. The van der Waals surface area contributed by atoms with Gasteiger partial charge in [0.15, 0.2) is 0 Å². The van der Waals surface area contributed by atoms with E-state index in [1.165, 1.54) is 25.2 Å². The standard InChI is InChI=1S/C36H49N7O6S/c1-8-38-36(47)32(23(2)3)42-33(44)25(5)39-22-30(17-26-13-12-16-37-21-26)41-35(46)29-18-28(19-31(20-29)43(6)50(7,48)49)34(45)40-24(4)27-14-10-9-11-15-27/h9-16,18-21,23-25,30,32,39H,8,17,22H2,1-7H3,(H,38,47)(H,40,45)(H,41,46)(H,42,44)/t24-,25+,30+,32+/m1/s1. The van der Waals surface area contributed by atoms with Crippen molar-refractivity contribution in [2.24, 2.45) is 5.92 Å². The summed E-state index contributed by atoms with van der Waals surface area (Å²) in [4.78, 5) is 57.1. The Balaban J connectivity index is 1.86. The molecule has 270 valence electrons. The fourth-order valence-electron chi connectivity index (χ4n) is 5.11. The molecule has 1 heterocycles. The molecule has 2 aromatic carbocycles. The van der Waals surface area contributed by atoms with Crippen LogP contribution < -0.4 is 30.9 Å². The Morgan fingerprint density at radius 2 is 1.48 bits per heavy atom. The van der Waals surface area contributed by atoms with Gasteiger partial charge in [-0.05, 0) is 68.5 Å². The molecular weight excluding hydrogens is 659 g/mol. The van der Waals surface area contributed by atoms with Gasteiger partial charge in [-0.3, -0.25) is 28.5 Å². The summed E-state index contributed by atoms with van der Waals surface area (Å²) in [7, 11) is -2.38. The van der Waals surface area contributed by atoms with Crippen LogP contribution >= 0.6 is 0 Å². The Labute approximate surface area is 295 Å². The number of carbonyl (C=O) groups excluding carboxylic acids is 4. The van der Waals surface area contributed by atoms with Crippen molar-refractivity contribution in [3.63, 3.8) is 0 Å². The molecular formula is C36H49N7O6S. The van der Waals surface area contributed by atoms with E-state index in [1.54, 1.807) is 32.3 Å². The molecule has 0 aliphatic rings. The Bertz CT molecular complexity index is 1720. The quantitative estimate of drug-likeness (QED) is 0.142. The smallest absolute Gasteiger partial charge is 0.251 e. The topological polar surface area (TPSA) is 179 Å². The number of nitrogens with one attached hydrogen (secondary N) is 5. The third-order valence-electron chi connectivity index (χ3n) is 8.15. The number of aromatic nitrogens is 1. The number of carbonyl (C=O) groups is 4. The van der Waals surface area contributed by atoms with Gasteiger partial charge < -0.3 is 26.6 Å². The van der Waals surface area contributed by atoms with Gasteiger partial charge in [0.05, 0.1) is 24.0 Å². The van der Waals surface area contributed by atoms with Gasteiger partial charge in [0, 0.05) is 49.7 Å². The fourth-order valence-corrected chi connectivity index (χ4v) is 5.60.